The minimum Gasteiger partial charge on any atom is -0.359 e. The van der Waals surface area contributed by atoms with Gasteiger partial charge in [-0.15, -0.1) is 0 Å². The summed E-state index contributed by atoms with van der Waals surface area (Å²) in [6.07, 6.45) is 3.76. The monoisotopic (exact) mass is 337 g/mol. The van der Waals surface area contributed by atoms with Crippen LogP contribution >= 0.6 is 0 Å². The highest BCUT2D eigenvalue weighted by atomic mass is 16.5. The third-order valence-corrected chi connectivity index (χ3v) is 4.80. The first kappa shape index (κ1) is 16.1. The highest BCUT2D eigenvalue weighted by molar-refractivity contribution is 5.56. The Morgan fingerprint density at radius 3 is 2.76 bits per heavy atom. The lowest BCUT2D eigenvalue weighted by atomic mass is 10.0. The summed E-state index contributed by atoms with van der Waals surface area (Å²) in [7, 11) is 4.08. The van der Waals surface area contributed by atoms with Crippen molar-refractivity contribution in [2.24, 2.45) is 7.05 Å². The fourth-order valence-corrected chi connectivity index (χ4v) is 3.41. The van der Waals surface area contributed by atoms with E-state index in [1.165, 1.54) is 5.56 Å². The van der Waals surface area contributed by atoms with Crippen LogP contribution in [0.5, 0.6) is 0 Å². The Bertz CT molecular complexity index is 825. The Balaban J connectivity index is 1.53. The van der Waals surface area contributed by atoms with Crippen molar-refractivity contribution >= 4 is 0 Å². The lowest BCUT2D eigenvalue weighted by Gasteiger charge is -2.39. The maximum Gasteiger partial charge on any atom is 0.151 e. The molecule has 4 rings (SSSR count). The molecule has 0 aliphatic carbocycles. The second-order valence-electron chi connectivity index (χ2n) is 6.74. The topological polar surface area (TPSA) is 50.3 Å². The van der Waals surface area contributed by atoms with Gasteiger partial charge in [-0.05, 0) is 12.6 Å². The van der Waals surface area contributed by atoms with Gasteiger partial charge in [0.2, 0.25) is 0 Å². The van der Waals surface area contributed by atoms with Crippen molar-refractivity contribution in [3.63, 3.8) is 0 Å². The normalized spacial score (nSPS) is 19.4. The van der Waals surface area contributed by atoms with Gasteiger partial charge >= 0.3 is 0 Å². The number of piperazine rings is 1. The summed E-state index contributed by atoms with van der Waals surface area (Å²) in [5.74, 6) is 0.893. The summed E-state index contributed by atoms with van der Waals surface area (Å²) < 4.78 is 7.37. The van der Waals surface area contributed by atoms with Crippen LogP contribution in [0.2, 0.25) is 0 Å². The Hall–Kier alpha value is -2.44. The number of aromatic nitrogens is 3. The second kappa shape index (κ2) is 6.82. The van der Waals surface area contributed by atoms with Gasteiger partial charge in [0.15, 0.2) is 5.76 Å². The quantitative estimate of drug-likeness (QED) is 0.732. The average molecular weight is 337 g/mol. The zero-order valence-corrected chi connectivity index (χ0v) is 14.7. The minimum absolute atomic E-state index is 0.367. The van der Waals surface area contributed by atoms with Gasteiger partial charge in [0.25, 0.3) is 0 Å². The SMILES string of the molecule is CN1CCN(Cc2cc(-c3cnn(C)c3)no2)[C@@H](c2ccccc2)C1. The third-order valence-electron chi connectivity index (χ3n) is 4.80. The number of hydrogen-bond donors (Lipinski definition) is 0. The molecule has 1 aromatic carbocycles. The van der Waals surface area contributed by atoms with Crippen molar-refractivity contribution in [1.82, 2.24) is 24.7 Å². The molecule has 1 aliphatic rings. The van der Waals surface area contributed by atoms with Crippen LogP contribution < -0.4 is 0 Å². The van der Waals surface area contributed by atoms with E-state index in [9.17, 15) is 0 Å². The van der Waals surface area contributed by atoms with Gasteiger partial charge < -0.3 is 9.42 Å². The second-order valence-corrected chi connectivity index (χ2v) is 6.74. The van der Waals surface area contributed by atoms with Gasteiger partial charge in [0.1, 0.15) is 5.69 Å². The molecule has 0 radical (unpaired) electrons. The predicted octanol–water partition coefficient (Wildman–Crippen LogP) is 2.56. The molecule has 3 heterocycles. The van der Waals surface area contributed by atoms with Crippen LogP contribution in [0.25, 0.3) is 11.3 Å². The lowest BCUT2D eigenvalue weighted by Crippen LogP contribution is -2.46. The summed E-state index contributed by atoms with van der Waals surface area (Å²) in [6, 6.07) is 13.1. The Morgan fingerprint density at radius 1 is 1.16 bits per heavy atom. The van der Waals surface area contributed by atoms with E-state index < -0.39 is 0 Å². The van der Waals surface area contributed by atoms with Gasteiger partial charge in [0, 0.05) is 50.6 Å². The van der Waals surface area contributed by atoms with Crippen molar-refractivity contribution < 1.29 is 4.52 Å². The molecular formula is C19H23N5O. The number of benzene rings is 1. The summed E-state index contributed by atoms with van der Waals surface area (Å²) >= 11 is 0. The smallest absolute Gasteiger partial charge is 0.151 e. The molecule has 6 nitrogen and oxygen atoms in total. The zero-order chi connectivity index (χ0) is 17.2. The van der Waals surface area contributed by atoms with E-state index in [0.29, 0.717) is 6.04 Å². The van der Waals surface area contributed by atoms with Crippen LogP contribution in [-0.4, -0.2) is 51.4 Å². The van der Waals surface area contributed by atoms with Crippen molar-refractivity contribution in [2.75, 3.05) is 26.7 Å². The van der Waals surface area contributed by atoms with Crippen molar-refractivity contribution in [2.45, 2.75) is 12.6 Å². The number of hydrogen-bond acceptors (Lipinski definition) is 5. The van der Waals surface area contributed by atoms with Gasteiger partial charge in [-0.3, -0.25) is 9.58 Å². The molecule has 0 bridgehead atoms. The Morgan fingerprint density at radius 2 is 2.00 bits per heavy atom. The summed E-state index contributed by atoms with van der Waals surface area (Å²) in [5.41, 5.74) is 3.17. The Kier molecular flexibility index (Phi) is 4.38. The average Bonchev–Trinajstić information content (AvgIpc) is 3.26. The Labute approximate surface area is 147 Å². The molecule has 1 aliphatic heterocycles. The molecule has 2 aromatic heterocycles. The maximum absolute atomic E-state index is 5.60. The van der Waals surface area contributed by atoms with E-state index in [1.54, 1.807) is 4.68 Å². The zero-order valence-electron chi connectivity index (χ0n) is 14.7. The molecule has 25 heavy (non-hydrogen) atoms. The van der Waals surface area contributed by atoms with Gasteiger partial charge in [0.05, 0.1) is 12.7 Å². The number of likely N-dealkylation sites (N-methyl/N-ethyl adjacent to an activating group) is 1. The molecule has 0 spiro atoms. The minimum atomic E-state index is 0.367. The van der Waals surface area contributed by atoms with Crippen molar-refractivity contribution in [3.05, 3.63) is 60.1 Å². The number of rotatable bonds is 4. The molecule has 0 N–H and O–H groups in total. The largest absolute Gasteiger partial charge is 0.359 e. The fourth-order valence-electron chi connectivity index (χ4n) is 3.41. The van der Waals surface area contributed by atoms with Crippen LogP contribution in [-0.2, 0) is 13.6 Å². The number of aryl methyl sites for hydroxylation is 1. The van der Waals surface area contributed by atoms with Crippen LogP contribution in [0, 0.1) is 0 Å². The molecule has 1 fully saturated rings. The van der Waals surface area contributed by atoms with Gasteiger partial charge in [-0.2, -0.15) is 5.10 Å². The lowest BCUT2D eigenvalue weighted by molar-refractivity contribution is 0.0753. The van der Waals surface area contributed by atoms with E-state index in [0.717, 1.165) is 43.2 Å². The van der Waals surface area contributed by atoms with Crippen LogP contribution in [0.15, 0.2) is 53.3 Å². The van der Waals surface area contributed by atoms with Crippen molar-refractivity contribution in [3.8, 4) is 11.3 Å². The van der Waals surface area contributed by atoms with Crippen molar-refractivity contribution in [1.29, 1.82) is 0 Å². The highest BCUT2D eigenvalue weighted by Crippen LogP contribution is 2.27. The molecule has 0 unspecified atom stereocenters. The summed E-state index contributed by atoms with van der Waals surface area (Å²) in [5, 5.41) is 8.41. The molecular weight excluding hydrogens is 314 g/mol. The van der Waals surface area contributed by atoms with E-state index in [-0.39, 0.29) is 0 Å². The first-order valence-electron chi connectivity index (χ1n) is 8.61. The van der Waals surface area contributed by atoms with E-state index in [1.807, 2.05) is 25.5 Å². The number of nitrogens with zero attached hydrogens (tertiary/aromatic N) is 5. The molecule has 0 saturated carbocycles. The summed E-state index contributed by atoms with van der Waals surface area (Å²) in [6.45, 7) is 3.86. The highest BCUT2D eigenvalue weighted by Gasteiger charge is 2.27. The maximum atomic E-state index is 5.60. The first-order chi connectivity index (χ1) is 12.2. The van der Waals surface area contributed by atoms with Crippen LogP contribution in [0.4, 0.5) is 0 Å². The molecule has 0 amide bonds. The molecule has 6 heteroatoms. The first-order valence-corrected chi connectivity index (χ1v) is 8.61. The molecule has 3 aromatic rings. The molecule has 1 saturated heterocycles. The van der Waals surface area contributed by atoms with E-state index in [2.05, 4.69) is 57.4 Å². The molecule has 1 atom stereocenters. The van der Waals surface area contributed by atoms with Gasteiger partial charge in [-0.25, -0.2) is 0 Å². The van der Waals surface area contributed by atoms with E-state index >= 15 is 0 Å². The van der Waals surface area contributed by atoms with Gasteiger partial charge in [-0.1, -0.05) is 35.5 Å². The van der Waals surface area contributed by atoms with E-state index in [4.69, 9.17) is 4.52 Å². The molecule has 130 valence electrons. The van der Waals surface area contributed by atoms with Crippen LogP contribution in [0.3, 0.4) is 0 Å². The summed E-state index contributed by atoms with van der Waals surface area (Å²) in [4.78, 5) is 4.86. The predicted molar refractivity (Wildman–Crippen MR) is 95.8 cm³/mol. The van der Waals surface area contributed by atoms with Crippen LogP contribution in [0.1, 0.15) is 17.4 Å². The third kappa shape index (κ3) is 3.50. The standard InChI is InChI=1S/C19H23N5O/c1-22-8-9-24(19(14-22)15-6-4-3-5-7-15)13-17-10-18(21-25-17)16-11-20-23(2)12-16/h3-7,10-12,19H,8-9,13-14H2,1-2H3/t19-/m1/s1. The fraction of sp³-hybridized carbons (Fsp3) is 0.368.